The van der Waals surface area contributed by atoms with Crippen molar-refractivity contribution in [1.82, 2.24) is 15.1 Å². The maximum atomic E-state index is 6.09. The Morgan fingerprint density at radius 1 is 1.41 bits per heavy atom. The van der Waals surface area contributed by atoms with Crippen LogP contribution in [0, 0.1) is 13.8 Å². The van der Waals surface area contributed by atoms with Gasteiger partial charge in [0.2, 0.25) is 0 Å². The molecule has 94 valence electrons. The minimum Gasteiger partial charge on any atom is -0.372 e. The summed E-state index contributed by atoms with van der Waals surface area (Å²) in [5, 5.41) is 8.18. The summed E-state index contributed by atoms with van der Waals surface area (Å²) in [4.78, 5) is 0. The largest absolute Gasteiger partial charge is 0.372 e. The van der Waals surface area contributed by atoms with Crippen LogP contribution in [0.1, 0.15) is 42.3 Å². The molecule has 1 aromatic rings. The van der Waals surface area contributed by atoms with Gasteiger partial charge in [0, 0.05) is 24.8 Å². The lowest BCUT2D eigenvalue weighted by Gasteiger charge is -2.50. The van der Waals surface area contributed by atoms with Crippen LogP contribution in [0.25, 0.3) is 0 Å². The highest BCUT2D eigenvalue weighted by atomic mass is 16.5. The second-order valence-electron chi connectivity index (χ2n) is 5.36. The summed E-state index contributed by atoms with van der Waals surface area (Å²) < 4.78 is 8.07. The zero-order chi connectivity index (χ0) is 12.0. The van der Waals surface area contributed by atoms with Crippen molar-refractivity contribution in [2.24, 2.45) is 7.05 Å². The highest BCUT2D eigenvalue weighted by molar-refractivity contribution is 5.32. The van der Waals surface area contributed by atoms with E-state index in [0.717, 1.165) is 18.8 Å². The third kappa shape index (κ3) is 1.54. The van der Waals surface area contributed by atoms with Gasteiger partial charge in [-0.2, -0.15) is 5.10 Å². The Labute approximate surface area is 102 Å². The van der Waals surface area contributed by atoms with Crippen molar-refractivity contribution in [3.05, 3.63) is 17.0 Å². The third-order valence-electron chi connectivity index (χ3n) is 4.42. The molecule has 3 rings (SSSR count). The van der Waals surface area contributed by atoms with Gasteiger partial charge in [0.1, 0.15) is 0 Å². The van der Waals surface area contributed by atoms with Crippen LogP contribution < -0.4 is 5.32 Å². The normalized spacial score (nSPS) is 27.1. The molecule has 1 spiro atoms. The minimum absolute atomic E-state index is 0.0524. The summed E-state index contributed by atoms with van der Waals surface area (Å²) in [5.41, 5.74) is 3.81. The van der Waals surface area contributed by atoms with Crippen molar-refractivity contribution >= 4 is 0 Å². The molecular weight excluding hydrogens is 214 g/mol. The summed E-state index contributed by atoms with van der Waals surface area (Å²) in [7, 11) is 2.02. The van der Waals surface area contributed by atoms with Crippen LogP contribution in [0.5, 0.6) is 0 Å². The maximum Gasteiger partial charge on any atom is 0.0878 e. The number of morpholine rings is 1. The second-order valence-corrected chi connectivity index (χ2v) is 5.36. The van der Waals surface area contributed by atoms with Crippen LogP contribution in [-0.2, 0) is 11.8 Å². The predicted octanol–water partition coefficient (Wildman–Crippen LogP) is 1.62. The van der Waals surface area contributed by atoms with Gasteiger partial charge in [0.05, 0.1) is 23.9 Å². The number of aromatic nitrogens is 2. The van der Waals surface area contributed by atoms with E-state index in [1.807, 2.05) is 11.7 Å². The monoisotopic (exact) mass is 235 g/mol. The topological polar surface area (TPSA) is 39.1 Å². The van der Waals surface area contributed by atoms with E-state index in [9.17, 15) is 0 Å². The molecule has 0 amide bonds. The summed E-state index contributed by atoms with van der Waals surface area (Å²) in [6.07, 6.45) is 3.65. The molecule has 1 saturated carbocycles. The number of hydrogen-bond acceptors (Lipinski definition) is 3. The van der Waals surface area contributed by atoms with E-state index < -0.39 is 0 Å². The van der Waals surface area contributed by atoms with E-state index in [1.165, 1.54) is 30.5 Å². The average Bonchev–Trinajstić information content (AvgIpc) is 2.51. The number of ether oxygens (including phenoxy) is 1. The Balaban J connectivity index is 2.01. The van der Waals surface area contributed by atoms with E-state index in [-0.39, 0.29) is 5.60 Å². The number of hydrogen-bond donors (Lipinski definition) is 1. The Hall–Kier alpha value is -0.870. The van der Waals surface area contributed by atoms with Crippen LogP contribution in [0.4, 0.5) is 0 Å². The van der Waals surface area contributed by atoms with Gasteiger partial charge in [0.25, 0.3) is 0 Å². The number of rotatable bonds is 1. The highest BCUT2D eigenvalue weighted by Gasteiger charge is 2.49. The molecule has 4 heteroatoms. The van der Waals surface area contributed by atoms with Crippen molar-refractivity contribution in [3.8, 4) is 0 Å². The molecule has 0 radical (unpaired) electrons. The lowest BCUT2D eigenvalue weighted by molar-refractivity contribution is -0.146. The first kappa shape index (κ1) is 11.2. The van der Waals surface area contributed by atoms with Gasteiger partial charge >= 0.3 is 0 Å². The predicted molar refractivity (Wildman–Crippen MR) is 66.0 cm³/mol. The summed E-state index contributed by atoms with van der Waals surface area (Å²) in [5.74, 6) is 0. The number of nitrogens with zero attached hydrogens (tertiary/aromatic N) is 2. The first-order chi connectivity index (χ1) is 8.14. The zero-order valence-electron chi connectivity index (χ0n) is 10.9. The molecule has 0 aromatic carbocycles. The van der Waals surface area contributed by atoms with Crippen molar-refractivity contribution in [3.63, 3.8) is 0 Å². The van der Waals surface area contributed by atoms with Crippen LogP contribution in [-0.4, -0.2) is 28.5 Å². The quantitative estimate of drug-likeness (QED) is 0.804. The fraction of sp³-hybridized carbons (Fsp3) is 0.769. The second kappa shape index (κ2) is 3.82. The third-order valence-corrected chi connectivity index (χ3v) is 4.42. The molecule has 2 heterocycles. The molecule has 1 N–H and O–H groups in total. The molecule has 2 fully saturated rings. The number of nitrogens with one attached hydrogen (secondary N) is 1. The fourth-order valence-corrected chi connectivity index (χ4v) is 3.26. The first-order valence-corrected chi connectivity index (χ1v) is 6.51. The van der Waals surface area contributed by atoms with Gasteiger partial charge in [-0.05, 0) is 33.1 Å². The summed E-state index contributed by atoms with van der Waals surface area (Å²) in [6, 6.07) is 0.332. The molecule has 1 aliphatic heterocycles. The van der Waals surface area contributed by atoms with E-state index in [0.29, 0.717) is 6.04 Å². The molecule has 1 saturated heterocycles. The molecule has 2 aliphatic rings. The molecule has 4 nitrogen and oxygen atoms in total. The Morgan fingerprint density at radius 2 is 2.18 bits per heavy atom. The van der Waals surface area contributed by atoms with E-state index in [4.69, 9.17) is 4.74 Å². The highest BCUT2D eigenvalue weighted by Crippen LogP contribution is 2.47. The van der Waals surface area contributed by atoms with E-state index in [1.54, 1.807) is 0 Å². The Bertz CT molecular complexity index is 434. The zero-order valence-corrected chi connectivity index (χ0v) is 10.9. The van der Waals surface area contributed by atoms with Gasteiger partial charge in [-0.25, -0.2) is 0 Å². The Kier molecular flexibility index (Phi) is 2.52. The van der Waals surface area contributed by atoms with Gasteiger partial charge in [-0.3, -0.25) is 4.68 Å². The van der Waals surface area contributed by atoms with Gasteiger partial charge < -0.3 is 10.1 Å². The molecule has 1 aliphatic carbocycles. The molecular formula is C13H21N3O. The van der Waals surface area contributed by atoms with Crippen LogP contribution in [0.15, 0.2) is 0 Å². The lowest BCUT2D eigenvalue weighted by Crippen LogP contribution is -2.56. The van der Waals surface area contributed by atoms with E-state index >= 15 is 0 Å². The van der Waals surface area contributed by atoms with Crippen molar-refractivity contribution < 1.29 is 4.74 Å². The van der Waals surface area contributed by atoms with Crippen molar-refractivity contribution in [1.29, 1.82) is 0 Å². The lowest BCUT2D eigenvalue weighted by atomic mass is 9.71. The average molecular weight is 235 g/mol. The van der Waals surface area contributed by atoms with Gasteiger partial charge in [-0.15, -0.1) is 0 Å². The summed E-state index contributed by atoms with van der Waals surface area (Å²) >= 11 is 0. The van der Waals surface area contributed by atoms with Crippen LogP contribution in [0.2, 0.25) is 0 Å². The molecule has 1 atom stereocenters. The van der Waals surface area contributed by atoms with Crippen LogP contribution >= 0.6 is 0 Å². The smallest absolute Gasteiger partial charge is 0.0878 e. The SMILES string of the molecule is Cc1nn(C)c(C)c1C1NCCOC12CCC2. The van der Waals surface area contributed by atoms with E-state index in [2.05, 4.69) is 24.3 Å². The number of aryl methyl sites for hydroxylation is 2. The van der Waals surface area contributed by atoms with Crippen molar-refractivity contribution in [2.45, 2.75) is 44.8 Å². The molecule has 1 aromatic heterocycles. The standard InChI is InChI=1S/C13H21N3O/c1-9-11(10(2)16(3)15-9)12-13(5-4-6-13)17-8-7-14-12/h12,14H,4-8H2,1-3H3. The minimum atomic E-state index is 0.0524. The molecule has 0 bridgehead atoms. The maximum absolute atomic E-state index is 6.09. The van der Waals surface area contributed by atoms with Crippen LogP contribution in [0.3, 0.4) is 0 Å². The first-order valence-electron chi connectivity index (χ1n) is 6.51. The fourth-order valence-electron chi connectivity index (χ4n) is 3.26. The molecule has 17 heavy (non-hydrogen) atoms. The Morgan fingerprint density at radius 3 is 2.71 bits per heavy atom. The van der Waals surface area contributed by atoms with Gasteiger partial charge in [0.15, 0.2) is 0 Å². The molecule has 1 unspecified atom stereocenters. The van der Waals surface area contributed by atoms with Gasteiger partial charge in [-0.1, -0.05) is 0 Å². The summed E-state index contributed by atoms with van der Waals surface area (Å²) in [6.45, 7) is 6.04. The van der Waals surface area contributed by atoms with Crippen molar-refractivity contribution in [2.75, 3.05) is 13.2 Å².